The van der Waals surface area contributed by atoms with E-state index >= 15 is 0 Å². The zero-order valence-corrected chi connectivity index (χ0v) is 14.4. The molecule has 0 spiro atoms. The Hall–Kier alpha value is -2.73. The van der Waals surface area contributed by atoms with Crippen molar-refractivity contribution in [2.75, 3.05) is 6.54 Å². The molecular weight excluding hydrogens is 338 g/mol. The molecule has 0 saturated heterocycles. The molecule has 0 saturated carbocycles. The summed E-state index contributed by atoms with van der Waals surface area (Å²) in [5.41, 5.74) is 3.37. The maximum absolute atomic E-state index is 12.9. The first-order valence-electron chi connectivity index (χ1n) is 8.03. The van der Waals surface area contributed by atoms with Gasteiger partial charge in [0.1, 0.15) is 0 Å². The number of carbonyl (C=O) groups is 1. The highest BCUT2D eigenvalue weighted by atomic mass is 35.5. The van der Waals surface area contributed by atoms with Crippen LogP contribution in [-0.4, -0.2) is 43.0 Å². The summed E-state index contributed by atoms with van der Waals surface area (Å²) in [5.74, 6) is -0.0980. The number of pyridine rings is 1. The van der Waals surface area contributed by atoms with E-state index in [9.17, 15) is 4.79 Å². The topological polar surface area (TPSA) is 63.4 Å². The summed E-state index contributed by atoms with van der Waals surface area (Å²) in [6, 6.07) is 5.76. The van der Waals surface area contributed by atoms with Crippen LogP contribution in [0.4, 0.5) is 0 Å². The summed E-state index contributed by atoms with van der Waals surface area (Å²) in [6.45, 7) is 2.61. The van der Waals surface area contributed by atoms with Crippen LogP contribution < -0.4 is 0 Å². The smallest absolute Gasteiger partial charge is 0.274 e. The second-order valence-electron chi connectivity index (χ2n) is 6.08. The van der Waals surface area contributed by atoms with Gasteiger partial charge >= 0.3 is 0 Å². The van der Waals surface area contributed by atoms with Crippen molar-refractivity contribution >= 4 is 28.7 Å². The first-order chi connectivity index (χ1) is 12.1. The zero-order valence-electron chi connectivity index (χ0n) is 13.6. The van der Waals surface area contributed by atoms with Gasteiger partial charge in [0.25, 0.3) is 5.91 Å². The first-order valence-corrected chi connectivity index (χ1v) is 8.41. The SMILES string of the molecule is CC1CC(c2ccncc2)=CCN1C(=O)c1cc2ncc(Cl)cn2n1. The number of fused-ring (bicyclic) bond motifs is 1. The van der Waals surface area contributed by atoms with Crippen molar-refractivity contribution in [1.82, 2.24) is 24.5 Å². The monoisotopic (exact) mass is 353 g/mol. The number of amides is 1. The molecular formula is C18H16ClN5O. The minimum Gasteiger partial charge on any atom is -0.330 e. The van der Waals surface area contributed by atoms with Crippen LogP contribution >= 0.6 is 11.6 Å². The first kappa shape index (κ1) is 15.8. The molecule has 3 aromatic rings. The standard InChI is InChI=1S/C18H16ClN5O/c1-12-8-14(13-2-5-20-6-3-13)4-7-23(12)18(25)16-9-17-21-10-15(19)11-24(17)22-16/h2-6,9-12H,7-8H2,1H3. The predicted octanol–water partition coefficient (Wildman–Crippen LogP) is 3.10. The number of hydrogen-bond donors (Lipinski definition) is 0. The molecule has 1 atom stereocenters. The molecule has 0 radical (unpaired) electrons. The van der Waals surface area contributed by atoms with E-state index in [1.807, 2.05) is 17.0 Å². The van der Waals surface area contributed by atoms with Crippen LogP contribution in [0, 0.1) is 0 Å². The van der Waals surface area contributed by atoms with Gasteiger partial charge in [-0.3, -0.25) is 9.78 Å². The fourth-order valence-corrected chi connectivity index (χ4v) is 3.23. The molecule has 1 aliphatic heterocycles. The Balaban J connectivity index is 1.59. The van der Waals surface area contributed by atoms with Gasteiger partial charge < -0.3 is 4.90 Å². The predicted molar refractivity (Wildman–Crippen MR) is 95.3 cm³/mol. The number of halogens is 1. The van der Waals surface area contributed by atoms with Crippen molar-refractivity contribution in [1.29, 1.82) is 0 Å². The van der Waals surface area contributed by atoms with E-state index in [2.05, 4.69) is 28.1 Å². The Morgan fingerprint density at radius 1 is 1.32 bits per heavy atom. The quantitative estimate of drug-likeness (QED) is 0.710. The van der Waals surface area contributed by atoms with Gasteiger partial charge in [-0.25, -0.2) is 9.50 Å². The lowest BCUT2D eigenvalue weighted by Crippen LogP contribution is -2.41. The number of nitrogens with zero attached hydrogens (tertiary/aromatic N) is 5. The van der Waals surface area contributed by atoms with Crippen molar-refractivity contribution in [3.05, 3.63) is 65.3 Å². The van der Waals surface area contributed by atoms with Crippen molar-refractivity contribution in [3.63, 3.8) is 0 Å². The molecule has 1 amide bonds. The zero-order chi connectivity index (χ0) is 17.4. The highest BCUT2D eigenvalue weighted by molar-refractivity contribution is 6.30. The number of aromatic nitrogens is 4. The van der Waals surface area contributed by atoms with E-state index in [4.69, 9.17) is 11.6 Å². The normalized spacial score (nSPS) is 17.6. The van der Waals surface area contributed by atoms with E-state index in [0.717, 1.165) is 12.0 Å². The van der Waals surface area contributed by atoms with Gasteiger partial charge in [-0.2, -0.15) is 5.10 Å². The van der Waals surface area contributed by atoms with E-state index in [0.29, 0.717) is 22.9 Å². The van der Waals surface area contributed by atoms with Gasteiger partial charge in [-0.05, 0) is 36.6 Å². The van der Waals surface area contributed by atoms with Crippen LogP contribution in [0.2, 0.25) is 5.02 Å². The van der Waals surface area contributed by atoms with Gasteiger partial charge in [-0.1, -0.05) is 17.7 Å². The maximum Gasteiger partial charge on any atom is 0.274 e. The minimum atomic E-state index is -0.0980. The fraction of sp³-hybridized carbons (Fsp3) is 0.222. The van der Waals surface area contributed by atoms with Crippen LogP contribution in [0.5, 0.6) is 0 Å². The van der Waals surface area contributed by atoms with Crippen molar-refractivity contribution in [2.24, 2.45) is 0 Å². The molecule has 0 N–H and O–H groups in total. The summed E-state index contributed by atoms with van der Waals surface area (Å²) >= 11 is 5.92. The molecule has 0 aliphatic carbocycles. The molecule has 1 aliphatic rings. The van der Waals surface area contributed by atoms with Gasteiger partial charge in [0.15, 0.2) is 11.3 Å². The second kappa shape index (κ2) is 6.29. The maximum atomic E-state index is 12.9. The molecule has 1 unspecified atom stereocenters. The van der Waals surface area contributed by atoms with E-state index < -0.39 is 0 Å². The summed E-state index contributed by atoms with van der Waals surface area (Å²) in [6.07, 6.45) is 9.65. The highest BCUT2D eigenvalue weighted by Crippen LogP contribution is 2.27. The summed E-state index contributed by atoms with van der Waals surface area (Å²) < 4.78 is 1.53. The van der Waals surface area contributed by atoms with E-state index in [1.54, 1.807) is 30.9 Å². The molecule has 6 nitrogen and oxygen atoms in total. The van der Waals surface area contributed by atoms with Crippen LogP contribution in [0.15, 0.2) is 49.1 Å². The minimum absolute atomic E-state index is 0.0852. The van der Waals surface area contributed by atoms with Gasteiger partial charge in [0.05, 0.1) is 11.2 Å². The van der Waals surface area contributed by atoms with Crippen LogP contribution in [0.25, 0.3) is 11.2 Å². The van der Waals surface area contributed by atoms with Gasteiger partial charge in [0, 0.05) is 37.2 Å². The average Bonchev–Trinajstić information content (AvgIpc) is 3.05. The van der Waals surface area contributed by atoms with Gasteiger partial charge in [-0.15, -0.1) is 0 Å². The Kier molecular flexibility index (Phi) is 3.97. The molecule has 126 valence electrons. The third-order valence-corrected chi connectivity index (χ3v) is 4.59. The molecule has 3 aromatic heterocycles. The fourth-order valence-electron chi connectivity index (χ4n) is 3.09. The van der Waals surface area contributed by atoms with Crippen molar-refractivity contribution in [3.8, 4) is 0 Å². The van der Waals surface area contributed by atoms with E-state index in [1.165, 1.54) is 10.1 Å². The molecule has 4 heterocycles. The Bertz CT molecular complexity index is 966. The molecule has 4 rings (SSSR count). The number of hydrogen-bond acceptors (Lipinski definition) is 4. The Labute approximate surface area is 149 Å². The average molecular weight is 354 g/mol. The van der Waals surface area contributed by atoms with Crippen molar-refractivity contribution < 1.29 is 4.79 Å². The molecule has 0 bridgehead atoms. The summed E-state index contributed by atoms with van der Waals surface area (Å²) in [4.78, 5) is 22.9. The third kappa shape index (κ3) is 3.00. The van der Waals surface area contributed by atoms with Crippen LogP contribution in [0.1, 0.15) is 29.4 Å². The number of rotatable bonds is 2. The lowest BCUT2D eigenvalue weighted by atomic mass is 9.95. The van der Waals surface area contributed by atoms with Crippen LogP contribution in [-0.2, 0) is 0 Å². The highest BCUT2D eigenvalue weighted by Gasteiger charge is 2.27. The number of carbonyl (C=O) groups excluding carboxylic acids is 1. The van der Waals surface area contributed by atoms with Crippen LogP contribution in [0.3, 0.4) is 0 Å². The second-order valence-corrected chi connectivity index (χ2v) is 6.52. The molecule has 7 heteroatoms. The molecule has 0 fully saturated rings. The molecule has 25 heavy (non-hydrogen) atoms. The summed E-state index contributed by atoms with van der Waals surface area (Å²) in [5, 5.41) is 4.79. The summed E-state index contributed by atoms with van der Waals surface area (Å²) in [7, 11) is 0. The van der Waals surface area contributed by atoms with Crippen molar-refractivity contribution in [2.45, 2.75) is 19.4 Å². The third-order valence-electron chi connectivity index (χ3n) is 4.39. The van der Waals surface area contributed by atoms with Gasteiger partial charge in [0.2, 0.25) is 0 Å². The molecule has 0 aromatic carbocycles. The lowest BCUT2D eigenvalue weighted by molar-refractivity contribution is 0.0705. The Morgan fingerprint density at radius 3 is 2.88 bits per heavy atom. The lowest BCUT2D eigenvalue weighted by Gasteiger charge is -2.32. The largest absolute Gasteiger partial charge is 0.330 e. The Morgan fingerprint density at radius 2 is 2.12 bits per heavy atom. The van der Waals surface area contributed by atoms with E-state index in [-0.39, 0.29) is 11.9 Å².